The molecule has 1 amide bonds. The molecule has 0 bridgehead atoms. The highest BCUT2D eigenvalue weighted by molar-refractivity contribution is 5.92. The number of nitrogens with zero attached hydrogens (tertiary/aromatic N) is 2. The van der Waals surface area contributed by atoms with Crippen LogP contribution < -0.4 is 5.32 Å². The SMILES string of the molecule is Cc1ccccc1[C@H]1CCc2nc(C(=O)NCc3ccccc3)cn2C1. The molecule has 0 unspecified atom stereocenters. The zero-order chi connectivity index (χ0) is 17.9. The first-order chi connectivity index (χ1) is 12.7. The number of carbonyl (C=O) groups is 1. The number of carbonyl (C=O) groups excluding carboxylic acids is 1. The number of nitrogens with one attached hydrogen (secondary N) is 1. The first-order valence-electron chi connectivity index (χ1n) is 9.14. The quantitative estimate of drug-likeness (QED) is 0.781. The Kier molecular flexibility index (Phi) is 4.57. The number of aryl methyl sites for hydroxylation is 2. The van der Waals surface area contributed by atoms with Crippen LogP contribution in [0, 0.1) is 6.92 Å². The molecule has 132 valence electrons. The third-order valence-corrected chi connectivity index (χ3v) is 5.15. The summed E-state index contributed by atoms with van der Waals surface area (Å²) in [4.78, 5) is 17.0. The molecule has 0 saturated heterocycles. The Labute approximate surface area is 153 Å². The van der Waals surface area contributed by atoms with Crippen LogP contribution in [0.25, 0.3) is 0 Å². The van der Waals surface area contributed by atoms with E-state index in [2.05, 4.69) is 46.1 Å². The van der Waals surface area contributed by atoms with E-state index in [1.54, 1.807) is 0 Å². The number of aromatic nitrogens is 2. The minimum absolute atomic E-state index is 0.108. The fraction of sp³-hybridized carbons (Fsp3) is 0.273. The molecule has 0 saturated carbocycles. The van der Waals surface area contributed by atoms with Gasteiger partial charge in [-0.25, -0.2) is 4.98 Å². The van der Waals surface area contributed by atoms with Crippen LogP contribution in [-0.4, -0.2) is 15.5 Å². The molecule has 1 aliphatic heterocycles. The van der Waals surface area contributed by atoms with Crippen LogP contribution in [-0.2, 0) is 19.5 Å². The van der Waals surface area contributed by atoms with Gasteiger partial charge in [-0.3, -0.25) is 4.79 Å². The Hall–Kier alpha value is -2.88. The molecule has 1 aromatic heterocycles. The van der Waals surface area contributed by atoms with Crippen molar-refractivity contribution in [3.63, 3.8) is 0 Å². The van der Waals surface area contributed by atoms with Crippen molar-refractivity contribution in [3.05, 3.63) is 89.0 Å². The molecule has 4 rings (SSSR count). The Bertz CT molecular complexity index is 914. The van der Waals surface area contributed by atoms with Crippen molar-refractivity contribution in [2.24, 2.45) is 0 Å². The largest absolute Gasteiger partial charge is 0.347 e. The Morgan fingerprint density at radius 3 is 2.73 bits per heavy atom. The van der Waals surface area contributed by atoms with Crippen molar-refractivity contribution < 1.29 is 4.79 Å². The van der Waals surface area contributed by atoms with Gasteiger partial charge in [0.25, 0.3) is 5.91 Å². The number of amides is 1. The topological polar surface area (TPSA) is 46.9 Å². The Morgan fingerprint density at radius 1 is 1.15 bits per heavy atom. The monoisotopic (exact) mass is 345 g/mol. The predicted octanol–water partition coefficient (Wildman–Crippen LogP) is 3.85. The van der Waals surface area contributed by atoms with Gasteiger partial charge in [0.15, 0.2) is 0 Å². The molecule has 2 heterocycles. The lowest BCUT2D eigenvalue weighted by atomic mass is 9.89. The highest BCUT2D eigenvalue weighted by Gasteiger charge is 2.24. The molecule has 0 fully saturated rings. The van der Waals surface area contributed by atoms with Gasteiger partial charge in [0, 0.05) is 31.6 Å². The van der Waals surface area contributed by atoms with E-state index in [1.165, 1.54) is 11.1 Å². The molecule has 4 heteroatoms. The van der Waals surface area contributed by atoms with Crippen LogP contribution in [0.1, 0.15) is 45.3 Å². The predicted molar refractivity (Wildman–Crippen MR) is 102 cm³/mol. The van der Waals surface area contributed by atoms with E-state index < -0.39 is 0 Å². The number of imidazole rings is 1. The maximum Gasteiger partial charge on any atom is 0.271 e. The molecular weight excluding hydrogens is 322 g/mol. The van der Waals surface area contributed by atoms with E-state index in [-0.39, 0.29) is 5.91 Å². The number of hydrogen-bond acceptors (Lipinski definition) is 2. The molecule has 0 aliphatic carbocycles. The molecule has 0 radical (unpaired) electrons. The summed E-state index contributed by atoms with van der Waals surface area (Å²) in [6.45, 7) is 3.58. The lowest BCUT2D eigenvalue weighted by Crippen LogP contribution is -2.23. The number of hydrogen-bond donors (Lipinski definition) is 1. The second-order valence-electron chi connectivity index (χ2n) is 6.96. The molecule has 0 spiro atoms. The van der Waals surface area contributed by atoms with Crippen LogP contribution in [0.5, 0.6) is 0 Å². The second kappa shape index (κ2) is 7.16. The summed E-state index contributed by atoms with van der Waals surface area (Å²) in [6.07, 6.45) is 3.89. The van der Waals surface area contributed by atoms with Crippen molar-refractivity contribution in [1.29, 1.82) is 0 Å². The zero-order valence-corrected chi connectivity index (χ0v) is 15.0. The molecule has 1 N–H and O–H groups in total. The average molecular weight is 345 g/mol. The summed E-state index contributed by atoms with van der Waals surface area (Å²) < 4.78 is 2.15. The van der Waals surface area contributed by atoms with E-state index in [0.29, 0.717) is 18.2 Å². The van der Waals surface area contributed by atoms with E-state index >= 15 is 0 Å². The van der Waals surface area contributed by atoms with Gasteiger partial charge in [-0.1, -0.05) is 54.6 Å². The van der Waals surface area contributed by atoms with Crippen LogP contribution in [0.2, 0.25) is 0 Å². The summed E-state index contributed by atoms with van der Waals surface area (Å²) in [5.41, 5.74) is 4.34. The summed E-state index contributed by atoms with van der Waals surface area (Å²) in [6, 6.07) is 18.5. The highest BCUT2D eigenvalue weighted by atomic mass is 16.1. The van der Waals surface area contributed by atoms with Crippen LogP contribution in [0.4, 0.5) is 0 Å². The van der Waals surface area contributed by atoms with E-state index in [0.717, 1.165) is 30.8 Å². The molecule has 3 aromatic rings. The van der Waals surface area contributed by atoms with Gasteiger partial charge in [-0.15, -0.1) is 0 Å². The zero-order valence-electron chi connectivity index (χ0n) is 15.0. The first kappa shape index (κ1) is 16.6. The van der Waals surface area contributed by atoms with Crippen molar-refractivity contribution in [1.82, 2.24) is 14.9 Å². The molecule has 26 heavy (non-hydrogen) atoms. The van der Waals surface area contributed by atoms with E-state index in [1.807, 2.05) is 36.5 Å². The van der Waals surface area contributed by atoms with Gasteiger partial charge >= 0.3 is 0 Å². The minimum Gasteiger partial charge on any atom is -0.347 e. The van der Waals surface area contributed by atoms with Crippen molar-refractivity contribution in [3.8, 4) is 0 Å². The van der Waals surface area contributed by atoms with E-state index in [9.17, 15) is 4.79 Å². The second-order valence-corrected chi connectivity index (χ2v) is 6.96. The molecule has 2 aromatic carbocycles. The standard InChI is InChI=1S/C22H23N3O/c1-16-7-5-6-10-19(16)18-11-12-21-24-20(15-25(21)14-18)22(26)23-13-17-8-3-2-4-9-17/h2-10,15,18H,11-14H2,1H3,(H,23,26)/t18-/m0/s1. The van der Waals surface area contributed by atoms with Crippen molar-refractivity contribution in [2.75, 3.05) is 0 Å². The third kappa shape index (κ3) is 3.40. The van der Waals surface area contributed by atoms with Gasteiger partial charge < -0.3 is 9.88 Å². The summed E-state index contributed by atoms with van der Waals surface area (Å²) in [5, 5.41) is 2.96. The number of rotatable bonds is 4. The number of benzene rings is 2. The third-order valence-electron chi connectivity index (χ3n) is 5.15. The lowest BCUT2D eigenvalue weighted by molar-refractivity contribution is 0.0946. The molecule has 4 nitrogen and oxygen atoms in total. The summed E-state index contributed by atoms with van der Waals surface area (Å²) in [5.74, 6) is 1.39. The minimum atomic E-state index is -0.108. The van der Waals surface area contributed by atoms with Gasteiger partial charge in [0.1, 0.15) is 11.5 Å². The lowest BCUT2D eigenvalue weighted by Gasteiger charge is -2.25. The van der Waals surface area contributed by atoms with Gasteiger partial charge in [-0.05, 0) is 30.0 Å². The van der Waals surface area contributed by atoms with Gasteiger partial charge in [0.05, 0.1) is 0 Å². The maximum absolute atomic E-state index is 12.5. The van der Waals surface area contributed by atoms with Crippen LogP contribution >= 0.6 is 0 Å². The summed E-state index contributed by atoms with van der Waals surface area (Å²) >= 11 is 0. The summed E-state index contributed by atoms with van der Waals surface area (Å²) in [7, 11) is 0. The van der Waals surface area contributed by atoms with Crippen molar-refractivity contribution >= 4 is 5.91 Å². The Morgan fingerprint density at radius 2 is 1.92 bits per heavy atom. The first-order valence-corrected chi connectivity index (χ1v) is 9.14. The van der Waals surface area contributed by atoms with Crippen LogP contribution in [0.15, 0.2) is 60.8 Å². The van der Waals surface area contributed by atoms with Crippen LogP contribution in [0.3, 0.4) is 0 Å². The normalized spacial score (nSPS) is 16.1. The van der Waals surface area contributed by atoms with Crippen molar-refractivity contribution in [2.45, 2.75) is 38.8 Å². The maximum atomic E-state index is 12.5. The van der Waals surface area contributed by atoms with Gasteiger partial charge in [0.2, 0.25) is 0 Å². The smallest absolute Gasteiger partial charge is 0.271 e. The molecule has 1 aliphatic rings. The Balaban J connectivity index is 1.46. The number of fused-ring (bicyclic) bond motifs is 1. The molecular formula is C22H23N3O. The molecule has 1 atom stereocenters. The fourth-order valence-corrected chi connectivity index (χ4v) is 3.72. The van der Waals surface area contributed by atoms with E-state index in [4.69, 9.17) is 0 Å². The highest BCUT2D eigenvalue weighted by Crippen LogP contribution is 2.30. The van der Waals surface area contributed by atoms with Gasteiger partial charge in [-0.2, -0.15) is 0 Å². The average Bonchev–Trinajstić information content (AvgIpc) is 3.11. The fourth-order valence-electron chi connectivity index (χ4n) is 3.72.